The van der Waals surface area contributed by atoms with E-state index in [4.69, 9.17) is 5.73 Å². The molecule has 58 valence electrons. The molecule has 0 bridgehead atoms. The predicted octanol–water partition coefficient (Wildman–Crippen LogP) is 1.98. The maximum absolute atomic E-state index is 12.7. The molecule has 4 heteroatoms. The smallest absolute Gasteiger partial charge is 0.150 e. The van der Waals surface area contributed by atoms with Crippen LogP contribution in [-0.4, -0.2) is 6.29 Å². The van der Waals surface area contributed by atoms with Gasteiger partial charge >= 0.3 is 0 Å². The molecular weight excluding hydrogens is 213 g/mol. The van der Waals surface area contributed by atoms with Crippen LogP contribution in [0.25, 0.3) is 0 Å². The van der Waals surface area contributed by atoms with Crippen molar-refractivity contribution in [2.45, 2.75) is 0 Å². The molecule has 0 fully saturated rings. The van der Waals surface area contributed by atoms with Gasteiger partial charge in [-0.05, 0) is 28.1 Å². The Morgan fingerprint density at radius 2 is 2.18 bits per heavy atom. The normalized spacial score (nSPS) is 9.64. The quantitative estimate of drug-likeness (QED) is 0.578. The second-order valence-corrected chi connectivity index (χ2v) is 2.82. The van der Waals surface area contributed by atoms with Gasteiger partial charge in [0.2, 0.25) is 0 Å². The molecule has 0 aromatic heterocycles. The van der Waals surface area contributed by atoms with Gasteiger partial charge in [-0.1, -0.05) is 0 Å². The number of aldehydes is 1. The van der Waals surface area contributed by atoms with Gasteiger partial charge in [-0.15, -0.1) is 0 Å². The Kier molecular flexibility index (Phi) is 2.24. The van der Waals surface area contributed by atoms with E-state index in [-0.39, 0.29) is 15.7 Å². The van der Waals surface area contributed by atoms with Gasteiger partial charge in [0.25, 0.3) is 0 Å². The van der Waals surface area contributed by atoms with E-state index >= 15 is 0 Å². The Morgan fingerprint density at radius 3 is 2.64 bits per heavy atom. The number of carbonyl (C=O) groups excluding carboxylic acids is 1. The molecule has 0 unspecified atom stereocenters. The minimum absolute atomic E-state index is 0.197. The lowest BCUT2D eigenvalue weighted by molar-refractivity contribution is 0.112. The third-order valence-corrected chi connectivity index (χ3v) is 2.05. The Bertz CT molecular complexity index is 277. The van der Waals surface area contributed by atoms with Crippen LogP contribution in [0.1, 0.15) is 10.4 Å². The molecule has 1 rings (SSSR count). The number of nitrogens with two attached hydrogens (primary N) is 1. The van der Waals surface area contributed by atoms with Crippen LogP contribution in [0.3, 0.4) is 0 Å². The molecule has 2 nitrogen and oxygen atoms in total. The maximum Gasteiger partial charge on any atom is 0.150 e. The van der Waals surface area contributed by atoms with E-state index in [0.717, 1.165) is 6.07 Å². The first-order chi connectivity index (χ1) is 5.15. The topological polar surface area (TPSA) is 43.1 Å². The van der Waals surface area contributed by atoms with Crippen LogP contribution in [-0.2, 0) is 0 Å². The molecule has 0 saturated carbocycles. The molecule has 0 radical (unpaired) electrons. The summed E-state index contributed by atoms with van der Waals surface area (Å²) in [4.78, 5) is 10.2. The summed E-state index contributed by atoms with van der Waals surface area (Å²) in [5.41, 5.74) is 5.82. The van der Waals surface area contributed by atoms with Crippen molar-refractivity contribution < 1.29 is 9.18 Å². The second kappa shape index (κ2) is 3.00. The molecule has 1 aromatic carbocycles. The van der Waals surface area contributed by atoms with Crippen LogP contribution in [0.15, 0.2) is 16.6 Å². The number of hydrogen-bond donors (Lipinski definition) is 1. The lowest BCUT2D eigenvalue weighted by Crippen LogP contribution is -1.92. The first-order valence-electron chi connectivity index (χ1n) is 2.85. The van der Waals surface area contributed by atoms with E-state index in [0.29, 0.717) is 6.29 Å². The van der Waals surface area contributed by atoms with Crippen molar-refractivity contribution in [3.8, 4) is 0 Å². The summed E-state index contributed by atoms with van der Waals surface area (Å²) in [5.74, 6) is -0.521. The summed E-state index contributed by atoms with van der Waals surface area (Å²) in [6.07, 6.45) is 0.548. The van der Waals surface area contributed by atoms with Gasteiger partial charge in [0, 0.05) is 11.3 Å². The molecular formula is C7H5BrFNO. The van der Waals surface area contributed by atoms with Crippen molar-refractivity contribution in [1.82, 2.24) is 0 Å². The summed E-state index contributed by atoms with van der Waals surface area (Å²) in [6.45, 7) is 0. The average Bonchev–Trinajstić information content (AvgIpc) is 1.99. The molecule has 1 aromatic rings. The molecule has 0 spiro atoms. The number of halogens is 2. The minimum atomic E-state index is -0.521. The Hall–Kier alpha value is -0.900. The van der Waals surface area contributed by atoms with Gasteiger partial charge in [-0.2, -0.15) is 0 Å². The highest BCUT2D eigenvalue weighted by molar-refractivity contribution is 9.10. The van der Waals surface area contributed by atoms with Crippen LogP contribution in [0.5, 0.6) is 0 Å². The lowest BCUT2D eigenvalue weighted by Gasteiger charge is -1.99. The largest absolute Gasteiger partial charge is 0.398 e. The Balaban J connectivity index is 3.31. The highest BCUT2D eigenvalue weighted by atomic mass is 79.9. The first kappa shape index (κ1) is 8.20. The van der Waals surface area contributed by atoms with E-state index in [1.165, 1.54) is 6.07 Å². The highest BCUT2D eigenvalue weighted by Gasteiger charge is 2.04. The number of anilines is 1. The molecule has 0 aliphatic carbocycles. The van der Waals surface area contributed by atoms with Gasteiger partial charge in [0.1, 0.15) is 12.1 Å². The molecule has 11 heavy (non-hydrogen) atoms. The van der Waals surface area contributed by atoms with E-state index in [1.54, 1.807) is 0 Å². The Labute approximate surface area is 71.3 Å². The molecule has 0 atom stereocenters. The average molecular weight is 218 g/mol. The van der Waals surface area contributed by atoms with Crippen LogP contribution < -0.4 is 5.73 Å². The molecule has 0 amide bonds. The standard InChI is InChI=1S/C7H5BrFNO/c8-7-5(9)1-4(3-11)2-6(7)10/h1-3H,10H2. The summed E-state index contributed by atoms with van der Waals surface area (Å²) >= 11 is 2.93. The van der Waals surface area contributed by atoms with Crippen molar-refractivity contribution in [2.75, 3.05) is 5.73 Å². The highest BCUT2D eigenvalue weighted by Crippen LogP contribution is 2.23. The number of nitrogen functional groups attached to an aromatic ring is 1. The number of benzene rings is 1. The fourth-order valence-corrected chi connectivity index (χ4v) is 0.929. The van der Waals surface area contributed by atoms with Gasteiger partial charge in [0.15, 0.2) is 0 Å². The first-order valence-corrected chi connectivity index (χ1v) is 3.64. The maximum atomic E-state index is 12.7. The van der Waals surface area contributed by atoms with Crippen LogP contribution >= 0.6 is 15.9 Å². The van der Waals surface area contributed by atoms with Crippen molar-refractivity contribution in [1.29, 1.82) is 0 Å². The van der Waals surface area contributed by atoms with Crippen LogP contribution in [0.2, 0.25) is 0 Å². The molecule has 0 aliphatic rings. The van der Waals surface area contributed by atoms with Crippen molar-refractivity contribution >= 4 is 27.9 Å². The lowest BCUT2D eigenvalue weighted by atomic mass is 10.2. The van der Waals surface area contributed by atoms with Gasteiger partial charge < -0.3 is 5.73 Å². The fourth-order valence-electron chi connectivity index (χ4n) is 0.700. The number of hydrogen-bond acceptors (Lipinski definition) is 2. The Morgan fingerprint density at radius 1 is 1.55 bits per heavy atom. The minimum Gasteiger partial charge on any atom is -0.398 e. The molecule has 0 saturated heterocycles. The van der Waals surface area contributed by atoms with E-state index in [1.807, 2.05) is 0 Å². The van der Waals surface area contributed by atoms with Crippen molar-refractivity contribution in [3.63, 3.8) is 0 Å². The van der Waals surface area contributed by atoms with Gasteiger partial charge in [-0.25, -0.2) is 4.39 Å². The summed E-state index contributed by atoms with van der Waals surface area (Å²) in [5, 5.41) is 0. The zero-order valence-electron chi connectivity index (χ0n) is 5.47. The number of carbonyl (C=O) groups is 1. The van der Waals surface area contributed by atoms with E-state index in [9.17, 15) is 9.18 Å². The summed E-state index contributed by atoms with van der Waals surface area (Å²) in [6, 6.07) is 2.52. The third-order valence-electron chi connectivity index (χ3n) is 1.21. The summed E-state index contributed by atoms with van der Waals surface area (Å²) in [7, 11) is 0. The van der Waals surface area contributed by atoms with Crippen LogP contribution in [0, 0.1) is 5.82 Å². The van der Waals surface area contributed by atoms with Crippen molar-refractivity contribution in [2.24, 2.45) is 0 Å². The molecule has 0 heterocycles. The van der Waals surface area contributed by atoms with E-state index < -0.39 is 5.82 Å². The predicted molar refractivity (Wildman–Crippen MR) is 43.9 cm³/mol. The van der Waals surface area contributed by atoms with Gasteiger partial charge in [0.05, 0.1) is 4.47 Å². The van der Waals surface area contributed by atoms with E-state index in [2.05, 4.69) is 15.9 Å². The fraction of sp³-hybridized carbons (Fsp3) is 0. The number of rotatable bonds is 1. The monoisotopic (exact) mass is 217 g/mol. The molecule has 0 aliphatic heterocycles. The zero-order chi connectivity index (χ0) is 8.43. The van der Waals surface area contributed by atoms with Gasteiger partial charge in [-0.3, -0.25) is 4.79 Å². The van der Waals surface area contributed by atoms with Crippen molar-refractivity contribution in [3.05, 3.63) is 28.0 Å². The SMILES string of the molecule is Nc1cc(C=O)cc(F)c1Br. The van der Waals surface area contributed by atoms with Crippen LogP contribution in [0.4, 0.5) is 10.1 Å². The second-order valence-electron chi connectivity index (χ2n) is 2.02. The third kappa shape index (κ3) is 1.57. The molecule has 2 N–H and O–H groups in total. The zero-order valence-corrected chi connectivity index (χ0v) is 7.06. The summed E-state index contributed by atoms with van der Waals surface area (Å²) < 4.78 is 12.9.